The molecule has 3 heterocycles. The van der Waals surface area contributed by atoms with Crippen LogP contribution >= 0.6 is 0 Å². The van der Waals surface area contributed by atoms with Crippen molar-refractivity contribution in [1.29, 1.82) is 0 Å². The molecule has 1 fully saturated rings. The largest absolute Gasteiger partial charge is 0.325 e. The fraction of sp³-hybridized carbons (Fsp3) is 0.381. The predicted octanol–water partition coefficient (Wildman–Crippen LogP) is 2.63. The molecular formula is C21H25N5O3S. The summed E-state index contributed by atoms with van der Waals surface area (Å²) in [7, 11) is -1.57. The maximum absolute atomic E-state index is 12.6. The van der Waals surface area contributed by atoms with Crippen LogP contribution in [0.4, 0.5) is 5.69 Å². The summed E-state index contributed by atoms with van der Waals surface area (Å²) < 4.78 is 28.4. The Hall–Kier alpha value is -2.78. The molecule has 1 saturated heterocycles. The third kappa shape index (κ3) is 4.08. The van der Waals surface area contributed by atoms with Crippen molar-refractivity contribution in [1.82, 2.24) is 19.1 Å². The second-order valence-electron chi connectivity index (χ2n) is 7.61. The highest BCUT2D eigenvalue weighted by Crippen LogP contribution is 2.22. The minimum Gasteiger partial charge on any atom is -0.325 e. The van der Waals surface area contributed by atoms with Crippen LogP contribution in [0.3, 0.4) is 0 Å². The first-order valence-electron chi connectivity index (χ1n) is 10.0. The van der Waals surface area contributed by atoms with Gasteiger partial charge in [0.05, 0.1) is 22.5 Å². The maximum atomic E-state index is 12.6. The maximum Gasteiger partial charge on any atom is 0.243 e. The van der Waals surface area contributed by atoms with Gasteiger partial charge in [0.25, 0.3) is 0 Å². The number of rotatable bonds is 6. The van der Waals surface area contributed by atoms with Gasteiger partial charge in [-0.3, -0.25) is 9.48 Å². The van der Waals surface area contributed by atoms with Gasteiger partial charge in [0.15, 0.2) is 5.65 Å². The van der Waals surface area contributed by atoms with E-state index in [1.54, 1.807) is 35.1 Å². The third-order valence-corrected chi connectivity index (χ3v) is 7.33. The SMILES string of the molecule is Cc1nn(C)c2ncc(NC(=O)CCc3ccc(S(=O)(=O)N4CCCC4)cc3)cc12. The van der Waals surface area contributed by atoms with Crippen molar-refractivity contribution in [2.24, 2.45) is 7.05 Å². The summed E-state index contributed by atoms with van der Waals surface area (Å²) in [6.45, 7) is 3.08. The molecule has 2 aromatic heterocycles. The number of amides is 1. The van der Waals surface area contributed by atoms with Crippen molar-refractivity contribution in [3.05, 3.63) is 47.8 Å². The lowest BCUT2D eigenvalue weighted by Crippen LogP contribution is -2.27. The lowest BCUT2D eigenvalue weighted by molar-refractivity contribution is -0.116. The van der Waals surface area contributed by atoms with Crippen LogP contribution in [-0.2, 0) is 28.3 Å². The number of benzene rings is 1. The number of fused-ring (bicyclic) bond motifs is 1. The van der Waals surface area contributed by atoms with Crippen LogP contribution in [-0.4, -0.2) is 46.5 Å². The molecule has 1 amide bonds. The highest BCUT2D eigenvalue weighted by molar-refractivity contribution is 7.89. The number of hydrogen-bond acceptors (Lipinski definition) is 5. The highest BCUT2D eigenvalue weighted by atomic mass is 32.2. The quantitative estimate of drug-likeness (QED) is 0.652. The van der Waals surface area contributed by atoms with Gasteiger partial charge in [0.1, 0.15) is 0 Å². The lowest BCUT2D eigenvalue weighted by atomic mass is 10.1. The van der Waals surface area contributed by atoms with Gasteiger partial charge < -0.3 is 5.32 Å². The highest BCUT2D eigenvalue weighted by Gasteiger charge is 2.26. The van der Waals surface area contributed by atoms with Gasteiger partial charge in [-0.1, -0.05) is 12.1 Å². The minimum atomic E-state index is -3.41. The lowest BCUT2D eigenvalue weighted by Gasteiger charge is -2.15. The number of carbonyl (C=O) groups is 1. The molecule has 0 atom stereocenters. The zero-order valence-electron chi connectivity index (χ0n) is 17.1. The summed E-state index contributed by atoms with van der Waals surface area (Å²) in [4.78, 5) is 17.0. The molecule has 1 aromatic carbocycles. The van der Waals surface area contributed by atoms with Crippen LogP contribution in [0.1, 0.15) is 30.5 Å². The summed E-state index contributed by atoms with van der Waals surface area (Å²) in [6, 6.07) is 8.69. The Morgan fingerprint density at radius 1 is 1.17 bits per heavy atom. The molecular weight excluding hydrogens is 402 g/mol. The summed E-state index contributed by atoms with van der Waals surface area (Å²) >= 11 is 0. The van der Waals surface area contributed by atoms with E-state index in [9.17, 15) is 13.2 Å². The molecule has 8 nitrogen and oxygen atoms in total. The average molecular weight is 428 g/mol. The van der Waals surface area contributed by atoms with E-state index in [1.807, 2.05) is 20.0 Å². The number of nitrogens with zero attached hydrogens (tertiary/aromatic N) is 4. The van der Waals surface area contributed by atoms with Crippen molar-refractivity contribution in [2.45, 2.75) is 37.5 Å². The normalized spacial score (nSPS) is 15.0. The van der Waals surface area contributed by atoms with Gasteiger partial charge in [-0.2, -0.15) is 9.40 Å². The Bertz CT molecular complexity index is 1180. The van der Waals surface area contributed by atoms with E-state index in [0.717, 1.165) is 35.1 Å². The Labute approximate surface area is 176 Å². The van der Waals surface area contributed by atoms with Gasteiger partial charge in [0, 0.05) is 31.9 Å². The Morgan fingerprint density at radius 3 is 2.57 bits per heavy atom. The molecule has 9 heteroatoms. The zero-order chi connectivity index (χ0) is 21.3. The number of anilines is 1. The number of carbonyl (C=O) groups excluding carboxylic acids is 1. The molecule has 0 bridgehead atoms. The first kappa shape index (κ1) is 20.5. The van der Waals surface area contributed by atoms with Crippen molar-refractivity contribution < 1.29 is 13.2 Å². The van der Waals surface area contributed by atoms with Gasteiger partial charge in [-0.25, -0.2) is 13.4 Å². The van der Waals surface area contributed by atoms with Crippen LogP contribution in [0.15, 0.2) is 41.4 Å². The van der Waals surface area contributed by atoms with E-state index < -0.39 is 10.0 Å². The van der Waals surface area contributed by atoms with Gasteiger partial charge in [-0.15, -0.1) is 0 Å². The molecule has 4 rings (SSSR count). The fourth-order valence-electron chi connectivity index (χ4n) is 3.76. The molecule has 0 saturated carbocycles. The third-order valence-electron chi connectivity index (χ3n) is 5.41. The number of hydrogen-bond donors (Lipinski definition) is 1. The molecule has 30 heavy (non-hydrogen) atoms. The standard InChI is InChI=1S/C21H25N5O3S/c1-15-19-13-17(14-22-21(19)25(2)24-15)23-20(27)10-7-16-5-8-18(9-6-16)30(28,29)26-11-3-4-12-26/h5-6,8-9,13-14H,3-4,7,10-12H2,1-2H3,(H,23,27). The monoisotopic (exact) mass is 427 g/mol. The fourth-order valence-corrected chi connectivity index (χ4v) is 5.28. The van der Waals surface area contributed by atoms with Crippen molar-refractivity contribution in [3.63, 3.8) is 0 Å². The second kappa shape index (κ2) is 8.16. The summed E-state index contributed by atoms with van der Waals surface area (Å²) in [5.41, 5.74) is 3.19. The molecule has 1 aliphatic rings. The molecule has 0 aliphatic carbocycles. The van der Waals surface area contributed by atoms with Gasteiger partial charge in [-0.05, 0) is 49.9 Å². The molecule has 3 aromatic rings. The van der Waals surface area contributed by atoms with Gasteiger partial charge in [0.2, 0.25) is 15.9 Å². The molecule has 0 spiro atoms. The summed E-state index contributed by atoms with van der Waals surface area (Å²) in [6.07, 6.45) is 4.27. The summed E-state index contributed by atoms with van der Waals surface area (Å²) in [5.74, 6) is -0.119. The predicted molar refractivity (Wildman–Crippen MR) is 115 cm³/mol. The number of sulfonamides is 1. The van der Waals surface area contributed by atoms with E-state index in [4.69, 9.17) is 0 Å². The second-order valence-corrected chi connectivity index (χ2v) is 9.55. The van der Waals surface area contributed by atoms with E-state index in [2.05, 4.69) is 15.4 Å². The summed E-state index contributed by atoms with van der Waals surface area (Å²) in [5, 5.41) is 8.11. The van der Waals surface area contributed by atoms with E-state index in [0.29, 0.717) is 36.5 Å². The van der Waals surface area contributed by atoms with Crippen molar-refractivity contribution >= 4 is 32.7 Å². The molecule has 0 radical (unpaired) electrons. The number of aromatic nitrogens is 3. The number of nitrogens with one attached hydrogen (secondary N) is 1. The van der Waals surface area contributed by atoms with Crippen LogP contribution < -0.4 is 5.32 Å². The molecule has 158 valence electrons. The average Bonchev–Trinajstić information content (AvgIpc) is 3.36. The van der Waals surface area contributed by atoms with Crippen LogP contribution in [0.5, 0.6) is 0 Å². The Kier molecular flexibility index (Phi) is 5.57. The Morgan fingerprint density at radius 2 is 1.87 bits per heavy atom. The van der Waals surface area contributed by atoms with Crippen molar-refractivity contribution in [2.75, 3.05) is 18.4 Å². The van der Waals surface area contributed by atoms with Crippen LogP contribution in [0.2, 0.25) is 0 Å². The minimum absolute atomic E-state index is 0.119. The zero-order valence-corrected chi connectivity index (χ0v) is 17.9. The first-order chi connectivity index (χ1) is 14.3. The Balaban J connectivity index is 1.36. The van der Waals surface area contributed by atoms with E-state index in [1.165, 1.54) is 4.31 Å². The molecule has 0 unspecified atom stereocenters. The van der Waals surface area contributed by atoms with E-state index >= 15 is 0 Å². The molecule has 1 aliphatic heterocycles. The first-order valence-corrected chi connectivity index (χ1v) is 11.5. The van der Waals surface area contributed by atoms with Gasteiger partial charge >= 0.3 is 0 Å². The smallest absolute Gasteiger partial charge is 0.243 e. The van der Waals surface area contributed by atoms with E-state index in [-0.39, 0.29) is 5.91 Å². The van der Waals surface area contributed by atoms with Crippen molar-refractivity contribution in [3.8, 4) is 0 Å². The topological polar surface area (TPSA) is 97.2 Å². The van der Waals surface area contributed by atoms with Crippen LogP contribution in [0, 0.1) is 6.92 Å². The number of aryl methyl sites for hydroxylation is 3. The number of pyridine rings is 1. The molecule has 1 N–H and O–H groups in total. The van der Waals surface area contributed by atoms with Crippen LogP contribution in [0.25, 0.3) is 11.0 Å².